The van der Waals surface area contributed by atoms with E-state index in [1.165, 1.54) is 14.2 Å². The monoisotopic (exact) mass is 342 g/mol. The van der Waals surface area contributed by atoms with Crippen molar-refractivity contribution in [3.05, 3.63) is 0 Å². The third-order valence-corrected chi connectivity index (χ3v) is 5.39. The minimum atomic E-state index is -0.206. The van der Waals surface area contributed by atoms with Crippen LogP contribution in [-0.4, -0.2) is 74.2 Å². The quantitative estimate of drug-likeness (QED) is 0.627. The van der Waals surface area contributed by atoms with Gasteiger partial charge >= 0.3 is 11.9 Å². The summed E-state index contributed by atoms with van der Waals surface area (Å²) in [6, 6.07) is -0.412. The zero-order chi connectivity index (χ0) is 18.3. The Morgan fingerprint density at radius 3 is 1.29 bits per heavy atom. The third-order valence-electron chi connectivity index (χ3n) is 5.39. The molecule has 0 aliphatic carbocycles. The molecule has 0 radical (unpaired) electrons. The van der Waals surface area contributed by atoms with Gasteiger partial charge in [-0.3, -0.25) is 19.4 Å². The largest absolute Gasteiger partial charge is 0.468 e. The minimum Gasteiger partial charge on any atom is -0.468 e. The van der Waals surface area contributed by atoms with E-state index in [1.807, 2.05) is 0 Å². The highest BCUT2D eigenvalue weighted by molar-refractivity contribution is 5.76. The number of hydrogen-bond donors (Lipinski definition) is 0. The van der Waals surface area contributed by atoms with E-state index < -0.39 is 0 Å². The number of piperazine rings is 1. The molecule has 1 saturated heterocycles. The molecule has 1 fully saturated rings. The van der Waals surface area contributed by atoms with Gasteiger partial charge in [0.1, 0.15) is 12.1 Å². The lowest BCUT2D eigenvalue weighted by Gasteiger charge is -2.43. The normalized spacial score (nSPS) is 21.6. The number of carbonyl (C=O) groups is 2. The Hall–Kier alpha value is -1.14. The Bertz CT molecular complexity index is 370. The molecule has 0 aromatic carbocycles. The van der Waals surface area contributed by atoms with Crippen LogP contribution in [0, 0.1) is 11.8 Å². The summed E-state index contributed by atoms with van der Waals surface area (Å²) in [4.78, 5) is 28.8. The topological polar surface area (TPSA) is 59.1 Å². The van der Waals surface area contributed by atoms with E-state index in [0.29, 0.717) is 0 Å². The molecule has 0 bridgehead atoms. The fourth-order valence-corrected chi connectivity index (χ4v) is 3.46. The second-order valence-corrected chi connectivity index (χ2v) is 6.78. The Labute approximate surface area is 146 Å². The van der Waals surface area contributed by atoms with Crippen LogP contribution in [0.4, 0.5) is 0 Å². The number of rotatable bonds is 8. The van der Waals surface area contributed by atoms with Gasteiger partial charge in [-0.05, 0) is 11.8 Å². The second kappa shape index (κ2) is 9.99. The summed E-state index contributed by atoms with van der Waals surface area (Å²) in [7, 11) is 2.90. The highest BCUT2D eigenvalue weighted by Gasteiger charge is 2.37. The predicted octanol–water partition coefficient (Wildman–Crippen LogP) is 1.78. The second-order valence-electron chi connectivity index (χ2n) is 6.78. The van der Waals surface area contributed by atoms with Gasteiger partial charge in [0.25, 0.3) is 0 Å². The van der Waals surface area contributed by atoms with Crippen molar-refractivity contribution in [2.24, 2.45) is 11.8 Å². The van der Waals surface area contributed by atoms with Crippen LogP contribution in [0.5, 0.6) is 0 Å². The number of nitrogens with zero attached hydrogens (tertiary/aromatic N) is 2. The maximum atomic E-state index is 12.2. The first kappa shape index (κ1) is 20.9. The molecule has 0 saturated carbocycles. The Kier molecular flexibility index (Phi) is 8.70. The number of ether oxygens (including phenoxy) is 2. The van der Waals surface area contributed by atoms with Crippen LogP contribution in [0.3, 0.4) is 0 Å². The fraction of sp³-hybridized carbons (Fsp3) is 0.889. The summed E-state index contributed by atoms with van der Waals surface area (Å²) in [5.74, 6) is 0.165. The van der Waals surface area contributed by atoms with Crippen LogP contribution >= 0.6 is 0 Å². The van der Waals surface area contributed by atoms with Crippen LogP contribution in [-0.2, 0) is 19.1 Å². The number of carbonyl (C=O) groups excluding carboxylic acids is 2. The van der Waals surface area contributed by atoms with Crippen molar-refractivity contribution < 1.29 is 19.1 Å². The molecular formula is C18H34N2O4. The molecule has 4 unspecified atom stereocenters. The highest BCUT2D eigenvalue weighted by atomic mass is 16.5. The van der Waals surface area contributed by atoms with Crippen LogP contribution in [0.2, 0.25) is 0 Å². The van der Waals surface area contributed by atoms with Crippen molar-refractivity contribution in [2.75, 3.05) is 40.4 Å². The lowest BCUT2D eigenvalue weighted by molar-refractivity contribution is -0.154. The zero-order valence-corrected chi connectivity index (χ0v) is 16.1. The van der Waals surface area contributed by atoms with Gasteiger partial charge in [0.15, 0.2) is 0 Å². The Morgan fingerprint density at radius 1 is 0.792 bits per heavy atom. The summed E-state index contributed by atoms with van der Waals surface area (Å²) in [5.41, 5.74) is 0. The average Bonchev–Trinajstić information content (AvgIpc) is 2.62. The van der Waals surface area contributed by atoms with Crippen molar-refractivity contribution >= 4 is 11.9 Å². The number of methoxy groups -OCH3 is 2. The molecular weight excluding hydrogens is 308 g/mol. The van der Waals surface area contributed by atoms with E-state index in [-0.39, 0.29) is 35.9 Å². The van der Waals surface area contributed by atoms with E-state index in [4.69, 9.17) is 9.47 Å². The van der Waals surface area contributed by atoms with Gasteiger partial charge in [-0.1, -0.05) is 40.5 Å². The van der Waals surface area contributed by atoms with Crippen LogP contribution in [0.15, 0.2) is 0 Å². The Morgan fingerprint density at radius 2 is 1.08 bits per heavy atom. The first-order chi connectivity index (χ1) is 11.4. The van der Waals surface area contributed by atoms with Crippen molar-refractivity contribution in [3.63, 3.8) is 0 Å². The van der Waals surface area contributed by atoms with Gasteiger partial charge in [0.2, 0.25) is 0 Å². The molecule has 6 heteroatoms. The summed E-state index contributed by atoms with van der Waals surface area (Å²) in [6.45, 7) is 11.4. The predicted molar refractivity (Wildman–Crippen MR) is 93.7 cm³/mol. The van der Waals surface area contributed by atoms with Crippen LogP contribution < -0.4 is 0 Å². The first-order valence-electron chi connectivity index (χ1n) is 9.04. The zero-order valence-electron chi connectivity index (χ0n) is 16.1. The molecule has 24 heavy (non-hydrogen) atoms. The molecule has 1 rings (SSSR count). The molecule has 1 aliphatic heterocycles. The molecule has 0 aromatic heterocycles. The summed E-state index contributed by atoms with van der Waals surface area (Å²) >= 11 is 0. The molecule has 1 heterocycles. The lowest BCUT2D eigenvalue weighted by Crippen LogP contribution is -2.59. The SMILES string of the molecule is CCC(C)C(C(=O)OC)N1CCN(C(C(=O)OC)C(C)CC)CC1. The number of hydrogen-bond acceptors (Lipinski definition) is 6. The molecule has 1 aliphatic rings. The van der Waals surface area contributed by atoms with E-state index in [9.17, 15) is 9.59 Å². The molecule has 0 amide bonds. The summed E-state index contributed by atoms with van der Waals surface area (Å²) < 4.78 is 10.0. The highest BCUT2D eigenvalue weighted by Crippen LogP contribution is 2.22. The minimum absolute atomic E-state index is 0.163. The molecule has 140 valence electrons. The molecule has 0 spiro atoms. The fourth-order valence-electron chi connectivity index (χ4n) is 3.46. The van der Waals surface area contributed by atoms with E-state index >= 15 is 0 Å². The van der Waals surface area contributed by atoms with Crippen LogP contribution in [0.25, 0.3) is 0 Å². The van der Waals surface area contributed by atoms with Gasteiger partial charge in [-0.25, -0.2) is 0 Å². The van der Waals surface area contributed by atoms with E-state index in [2.05, 4.69) is 37.5 Å². The van der Waals surface area contributed by atoms with Gasteiger partial charge < -0.3 is 9.47 Å². The first-order valence-corrected chi connectivity index (χ1v) is 9.04. The molecule has 0 aromatic rings. The van der Waals surface area contributed by atoms with Gasteiger partial charge in [0.05, 0.1) is 14.2 Å². The van der Waals surface area contributed by atoms with Crippen LogP contribution in [0.1, 0.15) is 40.5 Å². The van der Waals surface area contributed by atoms with Gasteiger partial charge in [-0.2, -0.15) is 0 Å². The standard InChI is InChI=1S/C18H34N2O4/c1-7-13(3)15(17(21)23-5)19-9-11-20(12-10-19)16(14(4)8-2)18(22)24-6/h13-16H,7-12H2,1-6H3. The van der Waals surface area contributed by atoms with Crippen molar-refractivity contribution in [1.82, 2.24) is 9.80 Å². The molecule has 0 N–H and O–H groups in total. The Balaban J connectivity index is 2.78. The third kappa shape index (κ3) is 4.93. The molecule has 6 nitrogen and oxygen atoms in total. The summed E-state index contributed by atoms with van der Waals surface area (Å²) in [5, 5.41) is 0. The lowest BCUT2D eigenvalue weighted by atomic mass is 9.95. The van der Waals surface area contributed by atoms with Gasteiger partial charge in [0, 0.05) is 26.2 Å². The molecule has 4 atom stereocenters. The van der Waals surface area contributed by atoms with Crippen molar-refractivity contribution in [2.45, 2.75) is 52.6 Å². The van der Waals surface area contributed by atoms with Crippen molar-refractivity contribution in [3.8, 4) is 0 Å². The summed E-state index contributed by atoms with van der Waals surface area (Å²) in [6.07, 6.45) is 1.86. The van der Waals surface area contributed by atoms with E-state index in [1.54, 1.807) is 0 Å². The average molecular weight is 342 g/mol. The smallest absolute Gasteiger partial charge is 0.323 e. The number of esters is 2. The maximum Gasteiger partial charge on any atom is 0.323 e. The van der Waals surface area contributed by atoms with Crippen molar-refractivity contribution in [1.29, 1.82) is 0 Å². The van der Waals surface area contributed by atoms with E-state index in [0.717, 1.165) is 39.0 Å². The maximum absolute atomic E-state index is 12.2. The van der Waals surface area contributed by atoms with Gasteiger partial charge in [-0.15, -0.1) is 0 Å².